The topological polar surface area (TPSA) is 220 Å². The van der Waals surface area contributed by atoms with Crippen LogP contribution in [0.2, 0.25) is 0 Å². The van der Waals surface area contributed by atoms with Gasteiger partial charge in [-0.05, 0) is 60.5 Å². The maximum Gasteiger partial charge on any atom is 1.00 e. The van der Waals surface area contributed by atoms with Gasteiger partial charge in [-0.2, -0.15) is 4.33 Å². The van der Waals surface area contributed by atoms with Crippen molar-refractivity contribution < 1.29 is 142 Å². The van der Waals surface area contributed by atoms with Crippen molar-refractivity contribution >= 4 is 53.8 Å². The van der Waals surface area contributed by atoms with Gasteiger partial charge < -0.3 is 28.7 Å². The Morgan fingerprint density at radius 1 is 0.849 bits per heavy atom. The van der Waals surface area contributed by atoms with Crippen molar-refractivity contribution in [1.29, 1.82) is 0 Å². The Morgan fingerprint density at radius 2 is 1.45 bits per heavy atom. The molecule has 0 aromatic heterocycles. The fourth-order valence-corrected chi connectivity index (χ4v) is 8.03. The molecule has 0 amide bonds. The van der Waals surface area contributed by atoms with Crippen LogP contribution in [0.5, 0.6) is 0 Å². The first kappa shape index (κ1) is 51.0. The Labute approximate surface area is 382 Å². The summed E-state index contributed by atoms with van der Waals surface area (Å²) in [6.07, 6.45) is 10.7. The van der Waals surface area contributed by atoms with E-state index in [0.29, 0.717) is 21.8 Å². The summed E-state index contributed by atoms with van der Waals surface area (Å²) < 4.78 is 109. The van der Waals surface area contributed by atoms with Gasteiger partial charge in [0.25, 0.3) is 0 Å². The van der Waals surface area contributed by atoms with Crippen LogP contribution in [0, 0.1) is 0 Å². The number of hydrogen-bond acceptors (Lipinski definition) is 15. The molecule has 2 aromatic carbocycles. The molecule has 2 aromatic rings. The summed E-state index contributed by atoms with van der Waals surface area (Å²) in [6.45, 7) is 9.11. The van der Waals surface area contributed by atoms with Gasteiger partial charge >= 0.3 is 88.7 Å². The first-order valence-corrected chi connectivity index (χ1v) is 20.4. The number of nitrogens with zero attached hydrogens (tertiary/aromatic N) is 2. The fraction of sp³-hybridized carbons (Fsp3) is 0.375. The Bertz CT molecular complexity index is 2090. The number of fused-ring (bicyclic) bond motifs is 2. The van der Waals surface area contributed by atoms with Crippen molar-refractivity contribution in [1.82, 2.24) is 0 Å². The quantitative estimate of drug-likeness (QED) is 0.0432. The Kier molecular flexibility index (Phi) is 19.3. The Morgan fingerprint density at radius 3 is 2.04 bits per heavy atom. The summed E-state index contributed by atoms with van der Waals surface area (Å²) in [5.41, 5.74) is 2.47. The minimum absolute atomic E-state index is 0. The molecule has 0 bridgehead atoms. The van der Waals surface area contributed by atoms with E-state index in [2.05, 4.69) is 9.37 Å². The van der Waals surface area contributed by atoms with Crippen molar-refractivity contribution in [3.8, 4) is 0 Å². The molecular formula is C32H36N2Na3O12S4-. The molecule has 0 saturated carbocycles. The second kappa shape index (κ2) is 20.1. The number of anilines is 2. The third-order valence-electron chi connectivity index (χ3n) is 8.77. The summed E-state index contributed by atoms with van der Waals surface area (Å²) in [6, 6.07) is 8.73. The predicted molar refractivity (Wildman–Crippen MR) is 183 cm³/mol. The SMILES string of the molecule is CC(C=C/C=C1/N(CCS(=O)(=O)[O-])c2ccc(S(=O)(=O)[O-])cc2C1(C)C)=CC=CC1N(CCS(=O)(=O)[O-])c2ccc(SOO[O-])cc2C1(C)C.[Na+].[Na+].[Na+]. The number of benzene rings is 2. The van der Waals surface area contributed by atoms with Crippen LogP contribution in [0.1, 0.15) is 45.7 Å². The van der Waals surface area contributed by atoms with Crippen LogP contribution in [0.15, 0.2) is 93.9 Å². The Balaban J connectivity index is 0.00000468. The number of hydrogen-bond donors (Lipinski definition) is 0. The van der Waals surface area contributed by atoms with Crippen LogP contribution in [0.3, 0.4) is 0 Å². The van der Waals surface area contributed by atoms with Gasteiger partial charge in [0.15, 0.2) is 0 Å². The number of allylic oxidation sites excluding steroid dienone is 7. The van der Waals surface area contributed by atoms with E-state index in [-0.39, 0.29) is 108 Å². The van der Waals surface area contributed by atoms with Crippen LogP contribution in [-0.4, -0.2) is 69.5 Å². The van der Waals surface area contributed by atoms with E-state index in [1.165, 1.54) is 12.1 Å². The normalized spacial score (nSPS) is 18.8. The molecule has 2 aliphatic heterocycles. The minimum atomic E-state index is -4.76. The monoisotopic (exact) mass is 837 g/mol. The fourth-order valence-electron chi connectivity index (χ4n) is 6.31. The molecule has 1 unspecified atom stereocenters. The van der Waals surface area contributed by atoms with E-state index in [9.17, 15) is 44.2 Å². The van der Waals surface area contributed by atoms with Gasteiger partial charge in [-0.15, -0.1) is 0 Å². The number of rotatable bonds is 14. The van der Waals surface area contributed by atoms with Crippen molar-refractivity contribution in [3.63, 3.8) is 0 Å². The largest absolute Gasteiger partial charge is 1.00 e. The zero-order valence-electron chi connectivity index (χ0n) is 30.8. The van der Waals surface area contributed by atoms with E-state index < -0.39 is 57.6 Å². The predicted octanol–water partition coefficient (Wildman–Crippen LogP) is -5.87. The van der Waals surface area contributed by atoms with E-state index in [1.807, 2.05) is 43.9 Å². The molecule has 21 heteroatoms. The van der Waals surface area contributed by atoms with Gasteiger partial charge in [0, 0.05) is 45.9 Å². The van der Waals surface area contributed by atoms with Crippen molar-refractivity contribution in [2.24, 2.45) is 0 Å². The van der Waals surface area contributed by atoms with Crippen LogP contribution in [0.25, 0.3) is 0 Å². The summed E-state index contributed by atoms with van der Waals surface area (Å²) in [4.78, 5) is 3.62. The molecule has 2 heterocycles. The maximum absolute atomic E-state index is 11.7. The smallest absolute Gasteiger partial charge is 0.748 e. The third kappa shape index (κ3) is 13.0. The Hall–Kier alpha value is -0.0400. The van der Waals surface area contributed by atoms with Crippen molar-refractivity contribution in [2.45, 2.75) is 61.3 Å². The maximum atomic E-state index is 11.7. The molecule has 2 aliphatic rings. The summed E-state index contributed by atoms with van der Waals surface area (Å²) in [5.74, 6) is -1.30. The molecule has 0 N–H and O–H groups in total. The molecule has 0 spiro atoms. The molecule has 0 fully saturated rings. The molecule has 14 nitrogen and oxygen atoms in total. The summed E-state index contributed by atoms with van der Waals surface area (Å²) in [7, 11) is -13.8. The first-order chi connectivity index (χ1) is 23.1. The van der Waals surface area contributed by atoms with Gasteiger partial charge in [0.2, 0.25) is 0 Å². The molecule has 274 valence electrons. The van der Waals surface area contributed by atoms with E-state index in [4.69, 9.17) is 0 Å². The minimum Gasteiger partial charge on any atom is -0.748 e. The third-order valence-corrected chi connectivity index (χ3v) is 11.5. The molecular weight excluding hydrogens is 802 g/mol. The first-order valence-electron chi connectivity index (χ1n) is 15.1. The summed E-state index contributed by atoms with van der Waals surface area (Å²) >= 11 is 0.728. The van der Waals surface area contributed by atoms with E-state index in [0.717, 1.165) is 34.9 Å². The summed E-state index contributed by atoms with van der Waals surface area (Å²) in [5, 5.41) is 13.8. The zero-order valence-corrected chi connectivity index (χ0v) is 40.0. The van der Waals surface area contributed by atoms with Gasteiger partial charge in [0.1, 0.15) is 10.1 Å². The second-order valence-corrected chi connectivity index (χ2v) is 18.1. The van der Waals surface area contributed by atoms with Crippen LogP contribution < -0.4 is 104 Å². The van der Waals surface area contributed by atoms with Crippen molar-refractivity contribution in [3.05, 3.63) is 95.3 Å². The van der Waals surface area contributed by atoms with Gasteiger partial charge in [-0.1, -0.05) is 63.6 Å². The van der Waals surface area contributed by atoms with Crippen LogP contribution in [0.4, 0.5) is 11.4 Å². The van der Waals surface area contributed by atoms with Crippen LogP contribution >= 0.6 is 12.0 Å². The molecule has 0 saturated heterocycles. The zero-order chi connectivity index (χ0) is 37.3. The van der Waals surface area contributed by atoms with Gasteiger partial charge in [0.05, 0.1) is 54.7 Å². The van der Waals surface area contributed by atoms with Gasteiger partial charge in [-0.25, -0.2) is 25.3 Å². The van der Waals surface area contributed by atoms with Gasteiger partial charge in [-0.3, -0.25) is 5.04 Å². The molecule has 53 heavy (non-hydrogen) atoms. The van der Waals surface area contributed by atoms with Crippen LogP contribution in [-0.2, 0) is 50.6 Å². The molecule has 0 aliphatic carbocycles. The standard InChI is InChI=1S/C32H40N2O12S4.3Na/c1-22(8-6-10-29-31(2,3)25-20-23(47-46-45-35)12-14-27(25)33(29)16-18-48(36,37)38)9-7-11-30-32(4,5)26-21-24(50(42,43)44)13-15-28(26)34(30)17-19-49(39,40)41;;;/h6-15,20-21,29,35H,16-19H2,1-5H3,(H,36,37,38)(H,39,40,41)(H,42,43,44);;;/q;3*+1/p-4/b9-7?,10-6?,22-8?,30-11+;;;. The average molecular weight is 838 g/mol. The molecule has 4 rings (SSSR count). The second-order valence-electron chi connectivity index (χ2n) is 12.9. The average Bonchev–Trinajstić information content (AvgIpc) is 3.34. The molecule has 0 radical (unpaired) electrons. The van der Waals surface area contributed by atoms with E-state index in [1.54, 1.807) is 55.2 Å². The van der Waals surface area contributed by atoms with E-state index >= 15 is 0 Å². The van der Waals surface area contributed by atoms with Crippen molar-refractivity contribution in [2.75, 3.05) is 34.4 Å². The molecule has 1 atom stereocenters.